The highest BCUT2D eigenvalue weighted by Gasteiger charge is 2.16. The molecule has 0 fully saturated rings. The van der Waals surface area contributed by atoms with Crippen molar-refractivity contribution in [2.24, 2.45) is 0 Å². The highest BCUT2D eigenvalue weighted by atomic mass is 32.1. The largest absolute Gasteiger partial charge is 0.524 e. The standard InChI is InChI=1S/C17H15O5PS/c1-21-14-8-12(9-15(11-14)22-23(18,19)20)6-7-16-10-13-4-2-3-5-17(13)24-16/h2-11H,1H3,(H2,18,19,20). The van der Waals surface area contributed by atoms with Gasteiger partial charge in [-0.2, -0.15) is 0 Å². The van der Waals surface area contributed by atoms with Crippen LogP contribution in [0, 0.1) is 0 Å². The minimum Gasteiger partial charge on any atom is -0.497 e. The summed E-state index contributed by atoms with van der Waals surface area (Å²) in [7, 11) is -3.13. The Morgan fingerprint density at radius 1 is 1.04 bits per heavy atom. The topological polar surface area (TPSA) is 76.0 Å². The molecule has 3 rings (SSSR count). The molecule has 0 saturated carbocycles. The Morgan fingerprint density at radius 3 is 2.50 bits per heavy atom. The lowest BCUT2D eigenvalue weighted by atomic mass is 10.2. The summed E-state index contributed by atoms with van der Waals surface area (Å²) in [5.41, 5.74) is 0.718. The van der Waals surface area contributed by atoms with Gasteiger partial charge < -0.3 is 9.26 Å². The third kappa shape index (κ3) is 4.24. The maximum absolute atomic E-state index is 11.0. The van der Waals surface area contributed by atoms with Gasteiger partial charge in [-0.1, -0.05) is 24.3 Å². The molecule has 3 aromatic rings. The van der Waals surface area contributed by atoms with Gasteiger partial charge in [-0.3, -0.25) is 9.79 Å². The van der Waals surface area contributed by atoms with E-state index >= 15 is 0 Å². The minimum atomic E-state index is -4.61. The number of hydrogen-bond acceptors (Lipinski definition) is 4. The quantitative estimate of drug-likeness (QED) is 0.651. The van der Waals surface area contributed by atoms with E-state index in [0.29, 0.717) is 5.75 Å². The molecule has 7 heteroatoms. The number of hydrogen-bond donors (Lipinski definition) is 2. The molecule has 0 radical (unpaired) electrons. The van der Waals surface area contributed by atoms with E-state index in [4.69, 9.17) is 14.5 Å². The van der Waals surface area contributed by atoms with Crippen LogP contribution in [0.15, 0.2) is 48.5 Å². The van der Waals surface area contributed by atoms with Crippen molar-refractivity contribution in [3.63, 3.8) is 0 Å². The summed E-state index contributed by atoms with van der Waals surface area (Å²) in [5.74, 6) is 0.510. The zero-order chi connectivity index (χ0) is 17.2. The molecule has 24 heavy (non-hydrogen) atoms. The molecule has 0 spiro atoms. The smallest absolute Gasteiger partial charge is 0.497 e. The summed E-state index contributed by atoms with van der Waals surface area (Å²) in [6.45, 7) is 0. The number of phosphoric ester groups is 1. The van der Waals surface area contributed by atoms with E-state index in [1.54, 1.807) is 23.5 Å². The molecule has 0 aliphatic carbocycles. The monoisotopic (exact) mass is 362 g/mol. The number of phosphoric acid groups is 1. The SMILES string of the molecule is COc1cc(C=Cc2cc3ccccc3s2)cc(OP(=O)(O)O)c1. The van der Waals surface area contributed by atoms with Crippen LogP contribution in [0.5, 0.6) is 11.5 Å². The van der Waals surface area contributed by atoms with Gasteiger partial charge in [0.25, 0.3) is 0 Å². The Bertz CT molecular complexity index is 908. The van der Waals surface area contributed by atoms with Gasteiger partial charge in [0, 0.05) is 15.6 Å². The van der Waals surface area contributed by atoms with Crippen molar-refractivity contribution in [3.8, 4) is 11.5 Å². The van der Waals surface area contributed by atoms with Crippen LogP contribution in [0.3, 0.4) is 0 Å². The second-order valence-electron chi connectivity index (χ2n) is 5.04. The van der Waals surface area contributed by atoms with E-state index in [2.05, 4.69) is 22.7 Å². The lowest BCUT2D eigenvalue weighted by molar-refractivity contribution is 0.282. The van der Waals surface area contributed by atoms with E-state index < -0.39 is 7.82 Å². The van der Waals surface area contributed by atoms with E-state index in [1.807, 2.05) is 24.3 Å². The second kappa shape index (κ2) is 6.79. The van der Waals surface area contributed by atoms with E-state index in [1.165, 1.54) is 23.3 Å². The Balaban J connectivity index is 1.90. The predicted molar refractivity (Wildman–Crippen MR) is 96.4 cm³/mol. The average molecular weight is 362 g/mol. The molecule has 0 amide bonds. The molecule has 1 heterocycles. The highest BCUT2D eigenvalue weighted by Crippen LogP contribution is 2.39. The van der Waals surface area contributed by atoms with Crippen LogP contribution in [0.2, 0.25) is 0 Å². The molecule has 0 aliphatic rings. The number of methoxy groups -OCH3 is 1. The summed E-state index contributed by atoms with van der Waals surface area (Å²) in [4.78, 5) is 19.0. The highest BCUT2D eigenvalue weighted by molar-refractivity contribution is 7.46. The van der Waals surface area contributed by atoms with E-state index in [9.17, 15) is 4.57 Å². The first-order chi connectivity index (χ1) is 11.4. The molecule has 0 saturated heterocycles. The average Bonchev–Trinajstić information content (AvgIpc) is 2.94. The lowest BCUT2D eigenvalue weighted by Gasteiger charge is -2.09. The van der Waals surface area contributed by atoms with Crippen LogP contribution in [0.4, 0.5) is 0 Å². The fourth-order valence-electron chi connectivity index (χ4n) is 2.26. The fraction of sp³-hybridized carbons (Fsp3) is 0.0588. The van der Waals surface area contributed by atoms with Crippen molar-refractivity contribution < 1.29 is 23.6 Å². The lowest BCUT2D eigenvalue weighted by Crippen LogP contribution is -1.92. The van der Waals surface area contributed by atoms with Gasteiger partial charge in [0.2, 0.25) is 0 Å². The summed E-state index contributed by atoms with van der Waals surface area (Å²) >= 11 is 1.67. The van der Waals surface area contributed by atoms with Gasteiger partial charge >= 0.3 is 7.82 Å². The summed E-state index contributed by atoms with van der Waals surface area (Å²) < 4.78 is 22.0. The van der Waals surface area contributed by atoms with Crippen molar-refractivity contribution >= 4 is 41.4 Å². The predicted octanol–water partition coefficient (Wildman–Crippen LogP) is 4.55. The third-order valence-corrected chi connectivity index (χ3v) is 4.78. The maximum atomic E-state index is 11.0. The zero-order valence-electron chi connectivity index (χ0n) is 12.7. The number of ether oxygens (including phenoxy) is 1. The maximum Gasteiger partial charge on any atom is 0.524 e. The molecular formula is C17H15O5PS. The first-order valence-corrected chi connectivity index (χ1v) is 9.38. The normalized spacial score (nSPS) is 12.0. The van der Waals surface area contributed by atoms with Crippen molar-refractivity contribution in [1.82, 2.24) is 0 Å². The van der Waals surface area contributed by atoms with Gasteiger partial charge in [0.05, 0.1) is 7.11 Å². The van der Waals surface area contributed by atoms with Gasteiger partial charge in [0.1, 0.15) is 11.5 Å². The number of benzene rings is 2. The number of rotatable bonds is 5. The first kappa shape index (κ1) is 16.7. The molecule has 0 bridgehead atoms. The molecule has 1 aromatic heterocycles. The van der Waals surface area contributed by atoms with Crippen LogP contribution in [-0.4, -0.2) is 16.9 Å². The minimum absolute atomic E-state index is 0.0543. The Morgan fingerprint density at radius 2 is 1.79 bits per heavy atom. The van der Waals surface area contributed by atoms with Crippen molar-refractivity contribution in [2.45, 2.75) is 0 Å². The molecular weight excluding hydrogens is 347 g/mol. The molecule has 2 aromatic carbocycles. The van der Waals surface area contributed by atoms with E-state index in [-0.39, 0.29) is 5.75 Å². The second-order valence-corrected chi connectivity index (χ2v) is 7.32. The van der Waals surface area contributed by atoms with Gasteiger partial charge in [-0.25, -0.2) is 4.57 Å². The van der Waals surface area contributed by atoms with Gasteiger partial charge in [-0.05, 0) is 41.3 Å². The fourth-order valence-corrected chi connectivity index (χ4v) is 3.61. The summed E-state index contributed by atoms with van der Waals surface area (Å²) in [6.07, 6.45) is 3.79. The van der Waals surface area contributed by atoms with Crippen LogP contribution >= 0.6 is 19.2 Å². The Labute approximate surface area is 143 Å². The molecule has 0 atom stereocenters. The molecule has 0 aliphatic heterocycles. The number of thiophene rings is 1. The van der Waals surface area contributed by atoms with Crippen molar-refractivity contribution in [1.29, 1.82) is 0 Å². The van der Waals surface area contributed by atoms with Crippen LogP contribution < -0.4 is 9.26 Å². The first-order valence-electron chi connectivity index (χ1n) is 7.04. The molecule has 2 N–H and O–H groups in total. The van der Waals surface area contributed by atoms with E-state index in [0.717, 1.165) is 10.4 Å². The van der Waals surface area contributed by atoms with Gasteiger partial charge in [-0.15, -0.1) is 11.3 Å². The Hall–Kier alpha value is -2.11. The third-order valence-electron chi connectivity index (χ3n) is 3.25. The van der Waals surface area contributed by atoms with Crippen LogP contribution in [-0.2, 0) is 4.57 Å². The molecule has 124 valence electrons. The van der Waals surface area contributed by atoms with Gasteiger partial charge in [0.15, 0.2) is 0 Å². The summed E-state index contributed by atoms with van der Waals surface area (Å²) in [6, 6.07) is 14.9. The van der Waals surface area contributed by atoms with Crippen molar-refractivity contribution in [2.75, 3.05) is 7.11 Å². The summed E-state index contributed by atoms with van der Waals surface area (Å²) in [5, 5.41) is 1.18. The zero-order valence-corrected chi connectivity index (χ0v) is 14.5. The van der Waals surface area contributed by atoms with Crippen LogP contribution in [0.1, 0.15) is 10.4 Å². The Kier molecular flexibility index (Phi) is 4.73. The number of fused-ring (bicyclic) bond motifs is 1. The van der Waals surface area contributed by atoms with Crippen LogP contribution in [0.25, 0.3) is 22.2 Å². The van der Waals surface area contributed by atoms with Crippen molar-refractivity contribution in [3.05, 3.63) is 59.0 Å². The molecule has 0 unspecified atom stereocenters. The molecule has 5 nitrogen and oxygen atoms in total.